The first kappa shape index (κ1) is 15.6. The van der Waals surface area contributed by atoms with Gasteiger partial charge in [-0.05, 0) is 62.1 Å². The highest BCUT2D eigenvalue weighted by atomic mass is 14.9. The Labute approximate surface area is 125 Å². The zero-order valence-electron chi connectivity index (χ0n) is 13.5. The zero-order chi connectivity index (χ0) is 14.4. The lowest BCUT2D eigenvalue weighted by molar-refractivity contribution is 0.338. The van der Waals surface area contributed by atoms with Crippen molar-refractivity contribution in [3.05, 3.63) is 35.4 Å². The van der Waals surface area contributed by atoms with Crippen molar-refractivity contribution in [2.24, 2.45) is 11.8 Å². The van der Waals surface area contributed by atoms with Gasteiger partial charge in [-0.15, -0.1) is 0 Å². The van der Waals surface area contributed by atoms with Gasteiger partial charge in [0, 0.05) is 6.04 Å². The Kier molecular flexibility index (Phi) is 6.09. The highest BCUT2D eigenvalue weighted by Crippen LogP contribution is 2.28. The van der Waals surface area contributed by atoms with Crippen LogP contribution in [0.5, 0.6) is 0 Å². The van der Waals surface area contributed by atoms with Crippen molar-refractivity contribution in [2.45, 2.75) is 65.3 Å². The maximum Gasteiger partial charge on any atom is 0.00672 e. The molecule has 1 aromatic carbocycles. The number of hydrogen-bond donors (Lipinski definition) is 1. The molecule has 1 heteroatoms. The van der Waals surface area contributed by atoms with Crippen molar-refractivity contribution < 1.29 is 0 Å². The smallest absolute Gasteiger partial charge is 0.00672 e. The predicted molar refractivity (Wildman–Crippen MR) is 88.1 cm³/mol. The summed E-state index contributed by atoms with van der Waals surface area (Å²) in [5, 5.41) is 3.80. The fraction of sp³-hybridized carbons (Fsp3) is 0.684. The summed E-state index contributed by atoms with van der Waals surface area (Å²) in [4.78, 5) is 0. The molecule has 1 fully saturated rings. The van der Waals surface area contributed by atoms with E-state index in [-0.39, 0.29) is 0 Å². The van der Waals surface area contributed by atoms with Crippen molar-refractivity contribution in [3.63, 3.8) is 0 Å². The van der Waals surface area contributed by atoms with Crippen LogP contribution >= 0.6 is 0 Å². The van der Waals surface area contributed by atoms with Gasteiger partial charge in [0.2, 0.25) is 0 Å². The minimum absolute atomic E-state index is 0.753. The molecule has 2 unspecified atom stereocenters. The molecule has 0 bridgehead atoms. The van der Waals surface area contributed by atoms with Crippen molar-refractivity contribution in [3.8, 4) is 0 Å². The summed E-state index contributed by atoms with van der Waals surface area (Å²) in [5.41, 5.74) is 2.92. The van der Waals surface area contributed by atoms with E-state index in [1.807, 2.05) is 0 Å². The lowest BCUT2D eigenvalue weighted by Gasteiger charge is -2.19. The van der Waals surface area contributed by atoms with Crippen LogP contribution < -0.4 is 5.32 Å². The van der Waals surface area contributed by atoms with Crippen molar-refractivity contribution in [1.82, 2.24) is 5.32 Å². The molecule has 0 amide bonds. The summed E-state index contributed by atoms with van der Waals surface area (Å²) >= 11 is 0. The standard InChI is InChI=1S/C19H31N/c1-15(2)17-9-6-10-19(12-11-17)20-14-13-18-8-5-4-7-16(18)3/h4-5,7-8,15,17,19-20H,6,9-14H2,1-3H3. The van der Waals surface area contributed by atoms with Gasteiger partial charge >= 0.3 is 0 Å². The van der Waals surface area contributed by atoms with Crippen LogP contribution in [0, 0.1) is 18.8 Å². The molecular formula is C19H31N. The molecule has 1 aromatic rings. The molecule has 0 saturated heterocycles. The average molecular weight is 273 g/mol. The van der Waals surface area contributed by atoms with E-state index in [4.69, 9.17) is 0 Å². The van der Waals surface area contributed by atoms with E-state index in [2.05, 4.69) is 50.4 Å². The number of nitrogens with one attached hydrogen (secondary N) is 1. The third-order valence-electron chi connectivity index (χ3n) is 5.04. The van der Waals surface area contributed by atoms with Crippen molar-refractivity contribution in [1.29, 1.82) is 0 Å². The molecule has 0 aromatic heterocycles. The van der Waals surface area contributed by atoms with E-state index in [9.17, 15) is 0 Å². The Hall–Kier alpha value is -0.820. The Morgan fingerprint density at radius 2 is 1.90 bits per heavy atom. The molecule has 0 spiro atoms. The van der Waals surface area contributed by atoms with Gasteiger partial charge in [-0.3, -0.25) is 0 Å². The number of aryl methyl sites for hydroxylation is 1. The third-order valence-corrected chi connectivity index (χ3v) is 5.04. The highest BCUT2D eigenvalue weighted by molar-refractivity contribution is 5.25. The van der Waals surface area contributed by atoms with E-state index >= 15 is 0 Å². The highest BCUT2D eigenvalue weighted by Gasteiger charge is 2.20. The monoisotopic (exact) mass is 273 g/mol. The summed E-state index contributed by atoms with van der Waals surface area (Å²) in [6, 6.07) is 9.51. The molecule has 1 nitrogen and oxygen atoms in total. The van der Waals surface area contributed by atoms with Gasteiger partial charge in [0.15, 0.2) is 0 Å². The SMILES string of the molecule is Cc1ccccc1CCNC1CCCC(C(C)C)CC1. The summed E-state index contributed by atoms with van der Waals surface area (Å²) in [5.74, 6) is 1.82. The molecular weight excluding hydrogens is 242 g/mol. The van der Waals surface area contributed by atoms with Crippen molar-refractivity contribution >= 4 is 0 Å². The molecule has 0 aliphatic heterocycles. The summed E-state index contributed by atoms with van der Waals surface area (Å²) in [6.07, 6.45) is 8.17. The predicted octanol–water partition coefficient (Wildman–Crippen LogP) is 4.73. The van der Waals surface area contributed by atoms with Gasteiger partial charge in [-0.2, -0.15) is 0 Å². The summed E-state index contributed by atoms with van der Waals surface area (Å²) < 4.78 is 0. The molecule has 2 atom stereocenters. The zero-order valence-corrected chi connectivity index (χ0v) is 13.5. The molecule has 1 aliphatic rings. The Morgan fingerprint density at radius 3 is 2.65 bits per heavy atom. The van der Waals surface area contributed by atoms with E-state index in [0.29, 0.717) is 0 Å². The largest absolute Gasteiger partial charge is 0.314 e. The van der Waals surface area contributed by atoms with E-state index in [1.165, 1.54) is 43.2 Å². The minimum atomic E-state index is 0.753. The fourth-order valence-corrected chi connectivity index (χ4v) is 3.50. The van der Waals surface area contributed by atoms with Gasteiger partial charge in [0.1, 0.15) is 0 Å². The first-order valence-corrected chi connectivity index (χ1v) is 8.44. The van der Waals surface area contributed by atoms with E-state index in [1.54, 1.807) is 0 Å². The maximum absolute atomic E-state index is 3.80. The van der Waals surface area contributed by atoms with Crippen molar-refractivity contribution in [2.75, 3.05) is 6.54 Å². The van der Waals surface area contributed by atoms with Crippen LogP contribution in [0.15, 0.2) is 24.3 Å². The minimum Gasteiger partial charge on any atom is -0.314 e. The van der Waals surface area contributed by atoms with Crippen LogP contribution in [0.1, 0.15) is 57.1 Å². The van der Waals surface area contributed by atoms with Crippen LogP contribution in [0.4, 0.5) is 0 Å². The molecule has 1 N–H and O–H groups in total. The number of rotatable bonds is 5. The lowest BCUT2D eigenvalue weighted by Crippen LogP contribution is -2.30. The van der Waals surface area contributed by atoms with Gasteiger partial charge < -0.3 is 5.32 Å². The molecule has 20 heavy (non-hydrogen) atoms. The normalized spacial score (nSPS) is 23.8. The van der Waals surface area contributed by atoms with Gasteiger partial charge in [0.05, 0.1) is 0 Å². The van der Waals surface area contributed by atoms with Gasteiger partial charge in [-0.1, -0.05) is 51.0 Å². The first-order chi connectivity index (χ1) is 9.66. The second kappa shape index (κ2) is 7.83. The quantitative estimate of drug-likeness (QED) is 0.765. The average Bonchev–Trinajstić information content (AvgIpc) is 2.67. The topological polar surface area (TPSA) is 12.0 Å². The molecule has 1 saturated carbocycles. The number of hydrogen-bond acceptors (Lipinski definition) is 1. The summed E-state index contributed by atoms with van der Waals surface area (Å²) in [7, 11) is 0. The van der Waals surface area contributed by atoms with Crippen LogP contribution in [0.2, 0.25) is 0 Å². The Bertz CT molecular complexity index is 397. The van der Waals surface area contributed by atoms with E-state index < -0.39 is 0 Å². The lowest BCUT2D eigenvalue weighted by atomic mass is 9.89. The van der Waals surface area contributed by atoms with Gasteiger partial charge in [0.25, 0.3) is 0 Å². The second-order valence-electron chi connectivity index (χ2n) is 6.84. The van der Waals surface area contributed by atoms with Crippen LogP contribution in [0.3, 0.4) is 0 Å². The van der Waals surface area contributed by atoms with Crippen LogP contribution in [-0.4, -0.2) is 12.6 Å². The van der Waals surface area contributed by atoms with Gasteiger partial charge in [-0.25, -0.2) is 0 Å². The fourth-order valence-electron chi connectivity index (χ4n) is 3.50. The number of benzene rings is 1. The second-order valence-corrected chi connectivity index (χ2v) is 6.84. The van der Waals surface area contributed by atoms with Crippen LogP contribution in [-0.2, 0) is 6.42 Å². The van der Waals surface area contributed by atoms with Crippen LogP contribution in [0.25, 0.3) is 0 Å². The molecule has 2 rings (SSSR count). The molecule has 1 aliphatic carbocycles. The third kappa shape index (κ3) is 4.63. The molecule has 0 heterocycles. The Balaban J connectivity index is 1.73. The van der Waals surface area contributed by atoms with E-state index in [0.717, 1.165) is 30.8 Å². The molecule has 112 valence electrons. The molecule has 0 radical (unpaired) electrons. The summed E-state index contributed by atoms with van der Waals surface area (Å²) in [6.45, 7) is 8.11. The maximum atomic E-state index is 3.80. The Morgan fingerprint density at radius 1 is 1.10 bits per heavy atom. The first-order valence-electron chi connectivity index (χ1n) is 8.44.